The van der Waals surface area contributed by atoms with Crippen LogP contribution in [0.1, 0.15) is 20.8 Å². The zero-order valence-corrected chi connectivity index (χ0v) is 8.82. The van der Waals surface area contributed by atoms with E-state index in [0.29, 0.717) is 4.90 Å². The molecule has 0 saturated heterocycles. The largest absolute Gasteiger partial charge is 0.254 e. The Bertz CT molecular complexity index is 311. The molecule has 1 aromatic carbocycles. The quantitative estimate of drug-likeness (QED) is 0.681. The van der Waals surface area contributed by atoms with Crippen LogP contribution in [0.15, 0.2) is 29.2 Å². The first-order valence-electron chi connectivity index (χ1n) is 4.09. The van der Waals surface area contributed by atoms with Gasteiger partial charge in [0.2, 0.25) is 0 Å². The maximum atomic E-state index is 12.5. The highest BCUT2D eigenvalue weighted by Gasteiger charge is 2.20. The van der Waals surface area contributed by atoms with Gasteiger partial charge in [0.1, 0.15) is 5.82 Å². The third-order valence-corrected chi connectivity index (χ3v) is 3.40. The van der Waals surface area contributed by atoms with E-state index in [9.17, 15) is 8.60 Å². The molecule has 0 heterocycles. The summed E-state index contributed by atoms with van der Waals surface area (Å²) in [5.41, 5.74) is 0. The minimum absolute atomic E-state index is 0.294. The Labute approximate surface area is 80.4 Å². The van der Waals surface area contributed by atoms with E-state index in [4.69, 9.17) is 0 Å². The van der Waals surface area contributed by atoms with Crippen LogP contribution >= 0.6 is 0 Å². The fourth-order valence-corrected chi connectivity index (χ4v) is 2.00. The van der Waals surface area contributed by atoms with Crippen molar-refractivity contribution in [1.82, 2.24) is 0 Å². The minimum atomic E-state index is -1.08. The highest BCUT2D eigenvalue weighted by atomic mass is 32.2. The van der Waals surface area contributed by atoms with E-state index in [-0.39, 0.29) is 10.6 Å². The Morgan fingerprint density at radius 3 is 2.00 bits per heavy atom. The topological polar surface area (TPSA) is 17.1 Å². The Hall–Kier alpha value is -0.700. The van der Waals surface area contributed by atoms with Crippen LogP contribution in [0.5, 0.6) is 0 Å². The zero-order valence-electron chi connectivity index (χ0n) is 8.00. The summed E-state index contributed by atoms with van der Waals surface area (Å²) in [6, 6.07) is 5.80. The van der Waals surface area contributed by atoms with Crippen molar-refractivity contribution in [2.75, 3.05) is 0 Å². The van der Waals surface area contributed by atoms with Crippen molar-refractivity contribution in [3.05, 3.63) is 30.1 Å². The van der Waals surface area contributed by atoms with E-state index < -0.39 is 10.8 Å². The summed E-state index contributed by atoms with van der Waals surface area (Å²) in [4.78, 5) is 0.675. The van der Waals surface area contributed by atoms with Crippen LogP contribution in [0.25, 0.3) is 0 Å². The zero-order chi connectivity index (χ0) is 10.1. The highest BCUT2D eigenvalue weighted by Crippen LogP contribution is 2.20. The summed E-state index contributed by atoms with van der Waals surface area (Å²) < 4.78 is 24.0. The fourth-order valence-electron chi connectivity index (χ4n) is 0.912. The summed E-state index contributed by atoms with van der Waals surface area (Å²) in [5, 5.41) is 0. The third kappa shape index (κ3) is 2.62. The molecule has 0 bridgehead atoms. The van der Waals surface area contributed by atoms with Gasteiger partial charge in [-0.15, -0.1) is 0 Å². The maximum Gasteiger partial charge on any atom is 0.123 e. The van der Waals surface area contributed by atoms with Gasteiger partial charge in [0.15, 0.2) is 0 Å². The van der Waals surface area contributed by atoms with Gasteiger partial charge in [-0.2, -0.15) is 0 Å². The fraction of sp³-hybridized carbons (Fsp3) is 0.400. The van der Waals surface area contributed by atoms with E-state index in [1.165, 1.54) is 12.1 Å². The Morgan fingerprint density at radius 2 is 1.62 bits per heavy atom. The lowest BCUT2D eigenvalue weighted by Gasteiger charge is -2.17. The highest BCUT2D eigenvalue weighted by molar-refractivity contribution is 7.86. The predicted molar refractivity (Wildman–Crippen MR) is 52.6 cm³/mol. The minimum Gasteiger partial charge on any atom is -0.254 e. The van der Waals surface area contributed by atoms with Crippen LogP contribution in [-0.4, -0.2) is 8.96 Å². The first-order chi connectivity index (χ1) is 5.91. The van der Waals surface area contributed by atoms with E-state index in [1.807, 2.05) is 20.8 Å². The van der Waals surface area contributed by atoms with Gasteiger partial charge in [0.05, 0.1) is 10.8 Å². The number of hydrogen-bond acceptors (Lipinski definition) is 1. The number of rotatable bonds is 1. The van der Waals surface area contributed by atoms with Gasteiger partial charge in [-0.05, 0) is 45.0 Å². The van der Waals surface area contributed by atoms with Crippen LogP contribution in [0.4, 0.5) is 4.39 Å². The van der Waals surface area contributed by atoms with Crippen molar-refractivity contribution in [3.8, 4) is 0 Å². The lowest BCUT2D eigenvalue weighted by atomic mass is 10.3. The molecule has 0 fully saturated rings. The van der Waals surface area contributed by atoms with E-state index in [2.05, 4.69) is 0 Å². The molecule has 1 unspecified atom stereocenters. The molecule has 72 valence electrons. The second-order valence-corrected chi connectivity index (χ2v) is 6.07. The molecule has 1 nitrogen and oxygen atoms in total. The van der Waals surface area contributed by atoms with Crippen molar-refractivity contribution in [2.24, 2.45) is 0 Å². The lowest BCUT2D eigenvalue weighted by Crippen LogP contribution is -2.21. The SMILES string of the molecule is CC(C)(C)S(=O)c1ccc(F)cc1. The van der Waals surface area contributed by atoms with Gasteiger partial charge in [0, 0.05) is 9.64 Å². The molecular formula is C10H13FOS. The monoisotopic (exact) mass is 200 g/mol. The molecule has 3 heteroatoms. The molecule has 0 amide bonds. The van der Waals surface area contributed by atoms with E-state index >= 15 is 0 Å². The predicted octanol–water partition coefficient (Wildman–Crippen LogP) is 2.73. The van der Waals surface area contributed by atoms with Crippen LogP contribution in [-0.2, 0) is 10.8 Å². The molecule has 0 aliphatic rings. The molecule has 1 atom stereocenters. The molecule has 0 radical (unpaired) electrons. The van der Waals surface area contributed by atoms with Crippen LogP contribution in [0.3, 0.4) is 0 Å². The van der Waals surface area contributed by atoms with Gasteiger partial charge in [-0.25, -0.2) is 4.39 Å². The standard InChI is InChI=1S/C10H13FOS/c1-10(2,3)13(12)9-6-4-8(11)5-7-9/h4-7H,1-3H3. The molecule has 0 N–H and O–H groups in total. The molecule has 0 aliphatic carbocycles. The van der Waals surface area contributed by atoms with Crippen LogP contribution < -0.4 is 0 Å². The molecule has 0 saturated carbocycles. The van der Waals surface area contributed by atoms with Gasteiger partial charge in [-0.3, -0.25) is 4.21 Å². The summed E-state index contributed by atoms with van der Waals surface area (Å²) in [6.45, 7) is 5.69. The smallest absolute Gasteiger partial charge is 0.123 e. The van der Waals surface area contributed by atoms with Crippen molar-refractivity contribution >= 4 is 10.8 Å². The third-order valence-electron chi connectivity index (χ3n) is 1.58. The maximum absolute atomic E-state index is 12.5. The second-order valence-electron chi connectivity index (χ2n) is 3.84. The summed E-state index contributed by atoms with van der Waals surface area (Å²) in [5.74, 6) is -0.297. The first-order valence-corrected chi connectivity index (χ1v) is 5.24. The second kappa shape index (κ2) is 3.58. The van der Waals surface area contributed by atoms with Crippen molar-refractivity contribution in [2.45, 2.75) is 30.4 Å². The summed E-state index contributed by atoms with van der Waals surface area (Å²) in [6.07, 6.45) is 0. The molecule has 1 aromatic rings. The molecular weight excluding hydrogens is 187 g/mol. The van der Waals surface area contributed by atoms with Crippen LogP contribution in [0, 0.1) is 5.82 Å². The molecule has 1 rings (SSSR count). The molecule has 0 spiro atoms. The first kappa shape index (κ1) is 10.4. The lowest BCUT2D eigenvalue weighted by molar-refractivity contribution is 0.625. The Balaban J connectivity index is 2.97. The normalized spacial score (nSPS) is 14.2. The van der Waals surface area contributed by atoms with E-state index in [0.717, 1.165) is 0 Å². The van der Waals surface area contributed by atoms with Gasteiger partial charge < -0.3 is 0 Å². The van der Waals surface area contributed by atoms with Gasteiger partial charge in [-0.1, -0.05) is 0 Å². The summed E-state index contributed by atoms with van der Waals surface area (Å²) >= 11 is 0. The number of benzene rings is 1. The summed E-state index contributed by atoms with van der Waals surface area (Å²) in [7, 11) is -1.08. The Morgan fingerprint density at radius 1 is 1.15 bits per heavy atom. The van der Waals surface area contributed by atoms with Gasteiger partial charge in [0.25, 0.3) is 0 Å². The molecule has 13 heavy (non-hydrogen) atoms. The van der Waals surface area contributed by atoms with Gasteiger partial charge >= 0.3 is 0 Å². The van der Waals surface area contributed by atoms with Crippen molar-refractivity contribution in [1.29, 1.82) is 0 Å². The van der Waals surface area contributed by atoms with E-state index in [1.54, 1.807) is 12.1 Å². The molecule has 0 aromatic heterocycles. The number of hydrogen-bond donors (Lipinski definition) is 0. The average Bonchev–Trinajstić information content (AvgIpc) is 2.03. The number of halogens is 1. The van der Waals surface area contributed by atoms with Crippen LogP contribution in [0.2, 0.25) is 0 Å². The Kier molecular flexibility index (Phi) is 2.86. The average molecular weight is 200 g/mol. The molecule has 0 aliphatic heterocycles. The van der Waals surface area contributed by atoms with Crippen molar-refractivity contribution in [3.63, 3.8) is 0 Å². The van der Waals surface area contributed by atoms with Crippen molar-refractivity contribution < 1.29 is 8.60 Å².